The van der Waals surface area contributed by atoms with E-state index in [1.807, 2.05) is 24.4 Å². The zero-order valence-electron chi connectivity index (χ0n) is 14.0. The van der Waals surface area contributed by atoms with E-state index >= 15 is 0 Å². The van der Waals surface area contributed by atoms with Gasteiger partial charge in [-0.1, -0.05) is 23.7 Å². The van der Waals surface area contributed by atoms with Crippen molar-refractivity contribution in [1.29, 1.82) is 0 Å². The number of rotatable bonds is 4. The molecule has 1 aromatic heterocycles. The summed E-state index contributed by atoms with van der Waals surface area (Å²) in [7, 11) is -3.43. The molecule has 1 N–H and O–H groups in total. The second-order valence-electron chi connectivity index (χ2n) is 5.70. The van der Waals surface area contributed by atoms with Gasteiger partial charge in [0.1, 0.15) is 0 Å². The first-order valence-corrected chi connectivity index (χ1v) is 10.7. The second kappa shape index (κ2) is 7.19. The quantitative estimate of drug-likeness (QED) is 0.695. The summed E-state index contributed by atoms with van der Waals surface area (Å²) in [5.41, 5.74) is 2.38. The molecule has 0 aliphatic carbocycles. The molecule has 134 valence electrons. The summed E-state index contributed by atoms with van der Waals surface area (Å²) in [6.07, 6.45) is 1.08. The van der Waals surface area contributed by atoms with Crippen molar-refractivity contribution < 1.29 is 13.2 Å². The predicted molar refractivity (Wildman–Crippen MR) is 105 cm³/mol. The van der Waals surface area contributed by atoms with Crippen molar-refractivity contribution in [2.45, 2.75) is 11.8 Å². The SMILES string of the molecule is Cc1nc(-c2cccc(NC(=O)c3cc(S(C)(=O)=O)ccc3Cl)c2)cs1. The van der Waals surface area contributed by atoms with Crippen LogP contribution in [0.2, 0.25) is 5.02 Å². The summed E-state index contributed by atoms with van der Waals surface area (Å²) in [5, 5.41) is 5.84. The van der Waals surface area contributed by atoms with Crippen LogP contribution < -0.4 is 5.32 Å². The van der Waals surface area contributed by atoms with Crippen LogP contribution in [0.5, 0.6) is 0 Å². The van der Waals surface area contributed by atoms with Gasteiger partial charge in [-0.25, -0.2) is 13.4 Å². The number of halogens is 1. The largest absolute Gasteiger partial charge is 0.322 e. The highest BCUT2D eigenvalue weighted by Gasteiger charge is 2.16. The number of thiazole rings is 1. The molecule has 2 aromatic carbocycles. The predicted octanol–water partition coefficient (Wildman–Crippen LogP) is 4.43. The van der Waals surface area contributed by atoms with Gasteiger partial charge in [0.15, 0.2) is 9.84 Å². The summed E-state index contributed by atoms with van der Waals surface area (Å²) in [4.78, 5) is 17.0. The maximum absolute atomic E-state index is 12.6. The average Bonchev–Trinajstić information content (AvgIpc) is 3.01. The van der Waals surface area contributed by atoms with E-state index in [9.17, 15) is 13.2 Å². The first-order valence-electron chi connectivity index (χ1n) is 7.57. The summed E-state index contributed by atoms with van der Waals surface area (Å²) < 4.78 is 23.4. The Morgan fingerprint density at radius 3 is 2.62 bits per heavy atom. The van der Waals surface area contributed by atoms with E-state index in [0.717, 1.165) is 22.5 Å². The molecule has 5 nitrogen and oxygen atoms in total. The molecule has 1 amide bonds. The second-order valence-corrected chi connectivity index (χ2v) is 9.19. The van der Waals surface area contributed by atoms with Crippen molar-refractivity contribution in [3.8, 4) is 11.3 Å². The van der Waals surface area contributed by atoms with Gasteiger partial charge in [-0.3, -0.25) is 4.79 Å². The molecule has 0 atom stereocenters. The Kier molecular flexibility index (Phi) is 5.13. The standard InChI is InChI=1S/C18H15ClN2O3S2/c1-11-20-17(10-25-11)12-4-3-5-13(8-12)21-18(22)15-9-14(26(2,23)24)6-7-16(15)19/h3-10H,1-2H3,(H,21,22). The molecule has 0 saturated heterocycles. The zero-order valence-corrected chi connectivity index (χ0v) is 16.4. The Morgan fingerprint density at radius 1 is 1.19 bits per heavy atom. The highest BCUT2D eigenvalue weighted by Crippen LogP contribution is 2.26. The molecule has 3 aromatic rings. The van der Waals surface area contributed by atoms with Crippen LogP contribution in [0.3, 0.4) is 0 Å². The number of benzene rings is 2. The summed E-state index contributed by atoms with van der Waals surface area (Å²) in [5.74, 6) is -0.480. The maximum Gasteiger partial charge on any atom is 0.257 e. The van der Waals surface area contributed by atoms with Gasteiger partial charge in [0.25, 0.3) is 5.91 Å². The lowest BCUT2D eigenvalue weighted by atomic mass is 10.1. The third-order valence-corrected chi connectivity index (χ3v) is 5.86. The van der Waals surface area contributed by atoms with Crippen molar-refractivity contribution in [3.05, 3.63) is 63.4 Å². The number of anilines is 1. The summed E-state index contributed by atoms with van der Waals surface area (Å²) in [6.45, 7) is 1.93. The van der Waals surface area contributed by atoms with E-state index in [4.69, 9.17) is 11.6 Å². The number of aryl methyl sites for hydroxylation is 1. The highest BCUT2D eigenvalue weighted by atomic mass is 35.5. The van der Waals surface area contributed by atoms with Crippen LogP contribution in [-0.4, -0.2) is 25.6 Å². The summed E-state index contributed by atoms with van der Waals surface area (Å²) in [6, 6.07) is 11.3. The number of sulfone groups is 1. The molecule has 26 heavy (non-hydrogen) atoms. The minimum absolute atomic E-state index is 0.0405. The number of aromatic nitrogens is 1. The normalized spacial score (nSPS) is 11.3. The molecule has 1 heterocycles. The number of hydrogen-bond donors (Lipinski definition) is 1. The van der Waals surface area contributed by atoms with Crippen molar-refractivity contribution in [3.63, 3.8) is 0 Å². The molecular weight excluding hydrogens is 392 g/mol. The lowest BCUT2D eigenvalue weighted by Gasteiger charge is -2.09. The number of carbonyl (C=O) groups is 1. The van der Waals surface area contributed by atoms with Crippen molar-refractivity contribution >= 4 is 44.4 Å². The van der Waals surface area contributed by atoms with E-state index in [2.05, 4.69) is 10.3 Å². The Balaban J connectivity index is 1.89. The van der Waals surface area contributed by atoms with Crippen molar-refractivity contribution in [2.24, 2.45) is 0 Å². The van der Waals surface area contributed by atoms with Gasteiger partial charge in [0, 0.05) is 22.9 Å². The van der Waals surface area contributed by atoms with Crippen molar-refractivity contribution in [1.82, 2.24) is 4.98 Å². The minimum atomic E-state index is -3.43. The first kappa shape index (κ1) is 18.6. The van der Waals surface area contributed by atoms with Gasteiger partial charge in [0.05, 0.1) is 26.2 Å². The minimum Gasteiger partial charge on any atom is -0.322 e. The number of hydrogen-bond acceptors (Lipinski definition) is 5. The molecule has 0 fully saturated rings. The fourth-order valence-corrected chi connectivity index (χ4v) is 3.83. The molecule has 0 radical (unpaired) electrons. The fraction of sp³-hybridized carbons (Fsp3) is 0.111. The Labute approximate surface area is 160 Å². The molecule has 0 aliphatic rings. The molecule has 0 spiro atoms. The summed E-state index contributed by atoms with van der Waals surface area (Å²) >= 11 is 7.62. The van der Waals surface area contributed by atoms with E-state index in [1.54, 1.807) is 23.5 Å². The van der Waals surface area contributed by atoms with Crippen LogP contribution in [0, 0.1) is 6.92 Å². The number of nitrogens with one attached hydrogen (secondary N) is 1. The van der Waals surface area contributed by atoms with Crippen molar-refractivity contribution in [2.75, 3.05) is 11.6 Å². The maximum atomic E-state index is 12.6. The van der Waals surface area contributed by atoms with E-state index in [1.165, 1.54) is 18.2 Å². The lowest BCUT2D eigenvalue weighted by Crippen LogP contribution is -2.13. The molecular formula is C18H15ClN2O3S2. The topological polar surface area (TPSA) is 76.1 Å². The first-order chi connectivity index (χ1) is 12.2. The van der Waals surface area contributed by atoms with E-state index < -0.39 is 15.7 Å². The van der Waals surface area contributed by atoms with Gasteiger partial charge in [-0.15, -0.1) is 11.3 Å². The van der Waals surface area contributed by atoms with Crippen LogP contribution in [0.25, 0.3) is 11.3 Å². The molecule has 8 heteroatoms. The number of nitrogens with zero attached hydrogens (tertiary/aromatic N) is 1. The molecule has 0 saturated carbocycles. The van der Waals surface area contributed by atoms with Gasteiger partial charge < -0.3 is 5.32 Å². The fourth-order valence-electron chi connectivity index (χ4n) is 2.36. The van der Waals surface area contributed by atoms with Crippen LogP contribution in [0.4, 0.5) is 5.69 Å². The number of carbonyl (C=O) groups excluding carboxylic acids is 1. The Hall–Kier alpha value is -2.22. The molecule has 0 aliphatic heterocycles. The van der Waals surface area contributed by atoms with Crippen LogP contribution in [-0.2, 0) is 9.84 Å². The Morgan fingerprint density at radius 2 is 1.96 bits per heavy atom. The highest BCUT2D eigenvalue weighted by molar-refractivity contribution is 7.90. The van der Waals surface area contributed by atoms with E-state index in [0.29, 0.717) is 5.69 Å². The number of amides is 1. The molecule has 3 rings (SSSR count). The van der Waals surface area contributed by atoms with Crippen LogP contribution in [0.15, 0.2) is 52.7 Å². The molecule has 0 unspecified atom stereocenters. The monoisotopic (exact) mass is 406 g/mol. The van der Waals surface area contributed by atoms with Gasteiger partial charge >= 0.3 is 0 Å². The van der Waals surface area contributed by atoms with E-state index in [-0.39, 0.29) is 15.5 Å². The van der Waals surface area contributed by atoms with Crippen LogP contribution >= 0.6 is 22.9 Å². The molecule has 0 bridgehead atoms. The van der Waals surface area contributed by atoms with Crippen LogP contribution in [0.1, 0.15) is 15.4 Å². The average molecular weight is 407 g/mol. The zero-order chi connectivity index (χ0) is 18.9. The smallest absolute Gasteiger partial charge is 0.257 e. The Bertz CT molecular complexity index is 1090. The van der Waals surface area contributed by atoms with Gasteiger partial charge in [-0.05, 0) is 37.3 Å². The lowest BCUT2D eigenvalue weighted by molar-refractivity contribution is 0.102. The third-order valence-electron chi connectivity index (χ3n) is 3.65. The van der Waals surface area contributed by atoms with Gasteiger partial charge in [0.2, 0.25) is 0 Å². The van der Waals surface area contributed by atoms with Gasteiger partial charge in [-0.2, -0.15) is 0 Å². The third kappa shape index (κ3) is 4.12.